The molecule has 0 atom stereocenters. The molecule has 0 aromatic carbocycles. The highest BCUT2D eigenvalue weighted by Crippen LogP contribution is 2.17. The Morgan fingerprint density at radius 1 is 1.38 bits per heavy atom. The second kappa shape index (κ2) is 4.59. The summed E-state index contributed by atoms with van der Waals surface area (Å²) in [7, 11) is 0. The van der Waals surface area contributed by atoms with E-state index in [4.69, 9.17) is 5.73 Å². The van der Waals surface area contributed by atoms with Crippen LogP contribution in [0.1, 0.15) is 12.8 Å². The largest absolute Gasteiger partial charge is 0.324 e. The molecule has 2 heterocycles. The number of nitrogens with one attached hydrogen (secondary N) is 2. The van der Waals surface area contributed by atoms with Gasteiger partial charge in [-0.15, -0.1) is 0 Å². The van der Waals surface area contributed by atoms with Crippen molar-refractivity contribution in [2.45, 2.75) is 18.4 Å². The summed E-state index contributed by atoms with van der Waals surface area (Å²) in [6.07, 6.45) is 4.62. The number of hydrogen-bond donors (Lipinski definition) is 3. The molecule has 1 aliphatic rings. The third-order valence-corrected chi connectivity index (χ3v) is 2.89. The van der Waals surface area contributed by atoms with Gasteiger partial charge in [-0.3, -0.25) is 9.78 Å². The van der Waals surface area contributed by atoms with Crippen LogP contribution in [0.2, 0.25) is 0 Å². The summed E-state index contributed by atoms with van der Waals surface area (Å²) >= 11 is 0. The van der Waals surface area contributed by atoms with Crippen LogP contribution in [0.5, 0.6) is 0 Å². The lowest BCUT2D eigenvalue weighted by Crippen LogP contribution is -2.56. The van der Waals surface area contributed by atoms with Crippen LogP contribution in [0, 0.1) is 0 Å². The molecule has 1 amide bonds. The molecule has 5 nitrogen and oxygen atoms in total. The maximum atomic E-state index is 12.0. The van der Waals surface area contributed by atoms with Gasteiger partial charge in [-0.1, -0.05) is 0 Å². The molecule has 1 aromatic heterocycles. The molecule has 86 valence electrons. The van der Waals surface area contributed by atoms with E-state index in [9.17, 15) is 4.79 Å². The minimum Gasteiger partial charge on any atom is -0.324 e. The first-order valence-electron chi connectivity index (χ1n) is 5.42. The van der Waals surface area contributed by atoms with Crippen molar-refractivity contribution in [3.05, 3.63) is 24.5 Å². The molecule has 0 spiro atoms. The van der Waals surface area contributed by atoms with Crippen LogP contribution in [-0.4, -0.2) is 29.5 Å². The van der Waals surface area contributed by atoms with Crippen LogP contribution in [-0.2, 0) is 4.79 Å². The fourth-order valence-corrected chi connectivity index (χ4v) is 1.79. The maximum absolute atomic E-state index is 12.0. The third-order valence-electron chi connectivity index (χ3n) is 2.89. The molecule has 1 aromatic rings. The standard InChI is InChI=1S/C11H16N4O/c12-11(3-7-14-8-4-11)10(16)15-9-1-5-13-6-2-9/h1-2,5-6,14H,3-4,7-8,12H2,(H,13,15,16). The summed E-state index contributed by atoms with van der Waals surface area (Å²) < 4.78 is 0. The first-order valence-corrected chi connectivity index (χ1v) is 5.42. The first-order chi connectivity index (χ1) is 7.71. The maximum Gasteiger partial charge on any atom is 0.244 e. The Kier molecular flexibility index (Phi) is 3.17. The average Bonchev–Trinajstić information content (AvgIpc) is 2.31. The Morgan fingerprint density at radius 2 is 2.00 bits per heavy atom. The van der Waals surface area contributed by atoms with E-state index in [0.29, 0.717) is 12.8 Å². The van der Waals surface area contributed by atoms with Gasteiger partial charge in [0.05, 0.1) is 5.54 Å². The van der Waals surface area contributed by atoms with E-state index in [0.717, 1.165) is 18.8 Å². The zero-order valence-electron chi connectivity index (χ0n) is 9.07. The molecule has 2 rings (SSSR count). The van der Waals surface area contributed by atoms with Gasteiger partial charge in [-0.05, 0) is 38.1 Å². The number of carbonyl (C=O) groups is 1. The van der Waals surface area contributed by atoms with Crippen molar-refractivity contribution in [2.24, 2.45) is 5.73 Å². The number of rotatable bonds is 2. The number of amides is 1. The van der Waals surface area contributed by atoms with Gasteiger partial charge in [0.25, 0.3) is 0 Å². The van der Waals surface area contributed by atoms with E-state index < -0.39 is 5.54 Å². The van der Waals surface area contributed by atoms with Gasteiger partial charge in [0.15, 0.2) is 0 Å². The number of carbonyl (C=O) groups excluding carboxylic acids is 1. The molecule has 4 N–H and O–H groups in total. The molecule has 0 bridgehead atoms. The molecular weight excluding hydrogens is 204 g/mol. The van der Waals surface area contributed by atoms with Crippen molar-refractivity contribution < 1.29 is 4.79 Å². The van der Waals surface area contributed by atoms with Gasteiger partial charge < -0.3 is 16.4 Å². The summed E-state index contributed by atoms with van der Waals surface area (Å²) in [6, 6.07) is 3.50. The number of nitrogens with zero attached hydrogens (tertiary/aromatic N) is 1. The third kappa shape index (κ3) is 2.37. The summed E-state index contributed by atoms with van der Waals surface area (Å²) in [5.41, 5.74) is 6.08. The molecular formula is C11H16N4O. The van der Waals surface area contributed by atoms with Crippen LogP contribution in [0.3, 0.4) is 0 Å². The molecule has 0 aliphatic carbocycles. The van der Waals surface area contributed by atoms with E-state index in [1.165, 1.54) is 0 Å². The van der Waals surface area contributed by atoms with Crippen LogP contribution in [0.4, 0.5) is 5.69 Å². The van der Waals surface area contributed by atoms with E-state index in [2.05, 4.69) is 15.6 Å². The molecule has 0 radical (unpaired) electrons. The van der Waals surface area contributed by atoms with Gasteiger partial charge >= 0.3 is 0 Å². The number of anilines is 1. The molecule has 5 heteroatoms. The number of pyridine rings is 1. The van der Waals surface area contributed by atoms with Crippen LogP contribution >= 0.6 is 0 Å². The van der Waals surface area contributed by atoms with Crippen molar-refractivity contribution in [1.29, 1.82) is 0 Å². The highest BCUT2D eigenvalue weighted by Gasteiger charge is 2.35. The van der Waals surface area contributed by atoms with E-state index in [1.807, 2.05) is 0 Å². The molecule has 1 fully saturated rings. The lowest BCUT2D eigenvalue weighted by molar-refractivity contribution is -0.122. The van der Waals surface area contributed by atoms with Crippen molar-refractivity contribution in [1.82, 2.24) is 10.3 Å². The molecule has 16 heavy (non-hydrogen) atoms. The summed E-state index contributed by atoms with van der Waals surface area (Å²) in [6.45, 7) is 1.58. The van der Waals surface area contributed by atoms with Crippen LogP contribution < -0.4 is 16.4 Å². The van der Waals surface area contributed by atoms with Crippen molar-refractivity contribution in [3.63, 3.8) is 0 Å². The zero-order chi connectivity index (χ0) is 11.4. The Labute approximate surface area is 94.4 Å². The van der Waals surface area contributed by atoms with E-state index in [1.54, 1.807) is 24.5 Å². The number of aromatic nitrogens is 1. The lowest BCUT2D eigenvalue weighted by atomic mass is 9.88. The number of piperidine rings is 1. The zero-order valence-corrected chi connectivity index (χ0v) is 9.07. The minimum atomic E-state index is -0.742. The summed E-state index contributed by atoms with van der Waals surface area (Å²) in [4.78, 5) is 15.9. The van der Waals surface area contributed by atoms with Gasteiger partial charge in [-0.2, -0.15) is 0 Å². The van der Waals surface area contributed by atoms with Crippen molar-refractivity contribution >= 4 is 11.6 Å². The highest BCUT2D eigenvalue weighted by molar-refractivity contribution is 5.97. The quantitative estimate of drug-likeness (QED) is 0.660. The molecule has 1 aliphatic heterocycles. The molecule has 0 saturated carbocycles. The predicted molar refractivity (Wildman–Crippen MR) is 61.9 cm³/mol. The van der Waals surface area contributed by atoms with Crippen molar-refractivity contribution in [3.8, 4) is 0 Å². The predicted octanol–water partition coefficient (Wildman–Crippen LogP) is 0.101. The van der Waals surface area contributed by atoms with E-state index >= 15 is 0 Å². The molecule has 0 unspecified atom stereocenters. The smallest absolute Gasteiger partial charge is 0.244 e. The van der Waals surface area contributed by atoms with Gasteiger partial charge in [0, 0.05) is 18.1 Å². The van der Waals surface area contributed by atoms with Gasteiger partial charge in [-0.25, -0.2) is 0 Å². The van der Waals surface area contributed by atoms with Crippen molar-refractivity contribution in [2.75, 3.05) is 18.4 Å². The second-order valence-electron chi connectivity index (χ2n) is 4.10. The Bertz CT molecular complexity index is 360. The Hall–Kier alpha value is -1.46. The number of hydrogen-bond acceptors (Lipinski definition) is 4. The first kappa shape index (κ1) is 11.0. The SMILES string of the molecule is NC1(C(=O)Nc2ccncc2)CCNCC1. The summed E-state index contributed by atoms with van der Waals surface area (Å²) in [5, 5.41) is 6.01. The van der Waals surface area contributed by atoms with Crippen LogP contribution in [0.15, 0.2) is 24.5 Å². The van der Waals surface area contributed by atoms with Gasteiger partial charge in [0.2, 0.25) is 5.91 Å². The highest BCUT2D eigenvalue weighted by atomic mass is 16.2. The minimum absolute atomic E-state index is 0.111. The lowest BCUT2D eigenvalue weighted by Gasteiger charge is -2.32. The fraction of sp³-hybridized carbons (Fsp3) is 0.455. The average molecular weight is 220 g/mol. The second-order valence-corrected chi connectivity index (χ2v) is 4.10. The fourth-order valence-electron chi connectivity index (χ4n) is 1.79. The van der Waals surface area contributed by atoms with Gasteiger partial charge in [0.1, 0.15) is 0 Å². The summed E-state index contributed by atoms with van der Waals surface area (Å²) in [5.74, 6) is -0.111. The normalized spacial score (nSPS) is 19.1. The van der Waals surface area contributed by atoms with E-state index in [-0.39, 0.29) is 5.91 Å². The van der Waals surface area contributed by atoms with Crippen LogP contribution in [0.25, 0.3) is 0 Å². The molecule has 1 saturated heterocycles. The Morgan fingerprint density at radius 3 is 2.62 bits per heavy atom. The topological polar surface area (TPSA) is 80.0 Å². The Balaban J connectivity index is 2.02. The number of nitrogens with two attached hydrogens (primary N) is 1. The monoisotopic (exact) mass is 220 g/mol.